The van der Waals surface area contributed by atoms with Crippen molar-refractivity contribution in [1.29, 1.82) is 0 Å². The van der Waals surface area contributed by atoms with E-state index in [1.54, 1.807) is 133 Å². The molecule has 8 nitrogen and oxygen atoms in total. The highest BCUT2D eigenvalue weighted by Crippen LogP contribution is 2.41. The molecule has 0 saturated heterocycles. The number of amides is 1. The second kappa shape index (κ2) is 15.8. The van der Waals surface area contributed by atoms with Crippen molar-refractivity contribution in [3.63, 3.8) is 0 Å². The monoisotopic (exact) mass is 635 g/mol. The van der Waals surface area contributed by atoms with Gasteiger partial charge in [-0.05, 0) is 78.0 Å². The summed E-state index contributed by atoms with van der Waals surface area (Å²) in [6, 6.07) is 0. The summed E-state index contributed by atoms with van der Waals surface area (Å²) in [6.45, 7) is 10.1. The number of Topliss-reactive ketones (excluding diaryl/α,β-unsaturated/α-hetero) is 2. The number of rotatable bonds is 0. The van der Waals surface area contributed by atoms with Crippen molar-refractivity contribution in [2.24, 2.45) is 10.8 Å². The molecular formula is C39H41NO7. The van der Waals surface area contributed by atoms with Gasteiger partial charge in [0.1, 0.15) is 17.1 Å². The van der Waals surface area contributed by atoms with Crippen molar-refractivity contribution in [1.82, 2.24) is 4.90 Å². The van der Waals surface area contributed by atoms with Gasteiger partial charge in [-0.25, -0.2) is 4.79 Å². The maximum atomic E-state index is 13.9. The van der Waals surface area contributed by atoms with E-state index < -0.39 is 34.1 Å². The Hall–Kier alpha value is -5.37. The van der Waals surface area contributed by atoms with E-state index >= 15 is 0 Å². The van der Waals surface area contributed by atoms with Crippen molar-refractivity contribution in [3.8, 4) is 0 Å². The first-order valence-electron chi connectivity index (χ1n) is 15.2. The smallest absolute Gasteiger partial charge is 0.355 e. The van der Waals surface area contributed by atoms with Crippen LogP contribution in [-0.2, 0) is 33.4 Å². The van der Waals surface area contributed by atoms with Crippen LogP contribution in [0.15, 0.2) is 145 Å². The van der Waals surface area contributed by atoms with Crippen LogP contribution in [0.25, 0.3) is 0 Å². The van der Waals surface area contributed by atoms with Crippen LogP contribution in [-0.4, -0.2) is 46.3 Å². The fourth-order valence-corrected chi connectivity index (χ4v) is 4.57. The van der Waals surface area contributed by atoms with Gasteiger partial charge in [-0.2, -0.15) is 0 Å². The van der Waals surface area contributed by atoms with Crippen LogP contribution >= 0.6 is 0 Å². The number of cyclic esters (lactones) is 1. The lowest BCUT2D eigenvalue weighted by molar-refractivity contribution is -0.172. The summed E-state index contributed by atoms with van der Waals surface area (Å²) in [7, 11) is 0. The summed E-state index contributed by atoms with van der Waals surface area (Å²) >= 11 is 0. The predicted octanol–water partition coefficient (Wildman–Crippen LogP) is 6.61. The quantitative estimate of drug-likeness (QED) is 0.218. The van der Waals surface area contributed by atoms with Gasteiger partial charge in [0.25, 0.3) is 5.78 Å². The molecule has 0 aliphatic carbocycles. The second-order valence-electron chi connectivity index (χ2n) is 12.4. The van der Waals surface area contributed by atoms with Gasteiger partial charge in [-0.3, -0.25) is 24.1 Å². The van der Waals surface area contributed by atoms with Crippen LogP contribution in [0.2, 0.25) is 0 Å². The molecule has 3 heterocycles. The highest BCUT2D eigenvalue weighted by atomic mass is 16.6. The molecule has 0 unspecified atom stereocenters. The molecule has 0 radical (unpaired) electrons. The number of carbonyl (C=O) groups excluding carboxylic acids is 5. The molecule has 47 heavy (non-hydrogen) atoms. The van der Waals surface area contributed by atoms with Crippen molar-refractivity contribution in [3.05, 3.63) is 145 Å². The molecule has 244 valence electrons. The highest BCUT2D eigenvalue weighted by molar-refractivity contribution is 6.42. The molecule has 0 aromatic rings. The molecule has 2 bridgehead atoms. The van der Waals surface area contributed by atoms with Crippen molar-refractivity contribution < 1.29 is 33.4 Å². The Labute approximate surface area is 276 Å². The summed E-state index contributed by atoms with van der Waals surface area (Å²) < 4.78 is 11.6. The average Bonchev–Trinajstić information content (AvgIpc) is 3.04. The fraction of sp³-hybridized carbons (Fsp3) is 0.256. The fourth-order valence-electron chi connectivity index (χ4n) is 4.57. The molecule has 3 aliphatic heterocycles. The third kappa shape index (κ3) is 9.56. The van der Waals surface area contributed by atoms with Crippen LogP contribution in [0.5, 0.6) is 0 Å². The van der Waals surface area contributed by atoms with Crippen LogP contribution in [0.3, 0.4) is 0 Å². The minimum Gasteiger partial charge on any atom is -0.454 e. The first-order chi connectivity index (χ1) is 22.2. The highest BCUT2D eigenvalue weighted by Gasteiger charge is 2.50. The predicted molar refractivity (Wildman–Crippen MR) is 182 cm³/mol. The summed E-state index contributed by atoms with van der Waals surface area (Å²) in [5, 5.41) is 0. The van der Waals surface area contributed by atoms with Crippen LogP contribution in [0.1, 0.15) is 41.5 Å². The SMILES string of the molecule is CC1(C)C=CC=CC(=O)C=CC=CC=CC=CC=CC=C2C=CC=C(O2)C(=O)C(=O)N2CC=CC=C2C(=O)OC(C)(C)C(C)(C)C1=O. The van der Waals surface area contributed by atoms with E-state index in [0.717, 1.165) is 4.90 Å². The Morgan fingerprint density at radius 3 is 1.89 bits per heavy atom. The van der Waals surface area contributed by atoms with E-state index in [2.05, 4.69) is 0 Å². The van der Waals surface area contributed by atoms with Crippen LogP contribution in [0.4, 0.5) is 0 Å². The minimum absolute atomic E-state index is 0.0387. The Kier molecular flexibility index (Phi) is 12.1. The number of hydrogen-bond acceptors (Lipinski definition) is 7. The molecule has 8 heteroatoms. The molecule has 0 fully saturated rings. The standard InChI is InChI=1S/C39H41NO7/c1-37(2)27-18-16-22-29(41)21-14-12-10-8-7-9-11-13-15-23-30-24-20-26-32(46-30)33(42)34(43)40-28-19-17-25-31(40)35(44)47-39(5,6)38(3,4)36(37)45/h7-27H,28H2,1-6H3. The second-order valence-corrected chi connectivity index (χ2v) is 12.4. The Bertz CT molecular complexity index is 1660. The summed E-state index contributed by atoms with van der Waals surface area (Å²) in [5.41, 5.74) is -3.67. The molecule has 3 rings (SSSR count). The molecule has 0 aromatic carbocycles. The van der Waals surface area contributed by atoms with Gasteiger partial charge in [0.15, 0.2) is 17.3 Å². The van der Waals surface area contributed by atoms with Gasteiger partial charge in [-0.1, -0.05) is 91.1 Å². The third-order valence-electron chi connectivity index (χ3n) is 7.88. The number of fused-ring (bicyclic) bond motifs is 3. The summed E-state index contributed by atoms with van der Waals surface area (Å²) in [5.74, 6) is -3.06. The number of carbonyl (C=O) groups is 5. The lowest BCUT2D eigenvalue weighted by Crippen LogP contribution is -2.53. The van der Waals surface area contributed by atoms with Gasteiger partial charge in [0.05, 0.1) is 5.41 Å². The average molecular weight is 636 g/mol. The van der Waals surface area contributed by atoms with Gasteiger partial charge in [-0.15, -0.1) is 0 Å². The zero-order valence-electron chi connectivity index (χ0n) is 27.6. The van der Waals surface area contributed by atoms with Crippen LogP contribution < -0.4 is 0 Å². The van der Waals surface area contributed by atoms with Crippen molar-refractivity contribution in [2.75, 3.05) is 6.54 Å². The first-order valence-corrected chi connectivity index (χ1v) is 15.2. The van der Waals surface area contributed by atoms with Gasteiger partial charge >= 0.3 is 11.9 Å². The van der Waals surface area contributed by atoms with E-state index in [4.69, 9.17) is 9.47 Å². The number of nitrogens with zero attached hydrogens (tertiary/aromatic N) is 1. The molecule has 0 aromatic heterocycles. The third-order valence-corrected chi connectivity index (χ3v) is 7.88. The molecule has 0 saturated carbocycles. The van der Waals surface area contributed by atoms with Crippen molar-refractivity contribution in [2.45, 2.75) is 47.1 Å². The topological polar surface area (TPSA) is 107 Å². The normalized spacial score (nSPS) is 22.0. The number of hydrogen-bond donors (Lipinski definition) is 0. The molecule has 1 amide bonds. The number of ether oxygens (including phenoxy) is 2. The van der Waals surface area contributed by atoms with E-state index in [1.807, 2.05) is 12.2 Å². The summed E-state index contributed by atoms with van der Waals surface area (Å²) in [6.07, 6.45) is 34.4. The zero-order valence-corrected chi connectivity index (χ0v) is 27.6. The van der Waals surface area contributed by atoms with Crippen LogP contribution in [0, 0.1) is 10.8 Å². The number of ketones is 3. The largest absolute Gasteiger partial charge is 0.454 e. The lowest BCUT2D eigenvalue weighted by Gasteiger charge is -2.43. The zero-order chi connectivity index (χ0) is 34.7. The van der Waals surface area contributed by atoms with E-state index in [9.17, 15) is 24.0 Å². The molecular weight excluding hydrogens is 594 g/mol. The Morgan fingerprint density at radius 1 is 0.638 bits per heavy atom. The van der Waals surface area contributed by atoms with Crippen molar-refractivity contribution >= 4 is 29.2 Å². The molecule has 0 spiro atoms. The lowest BCUT2D eigenvalue weighted by atomic mass is 9.65. The van der Waals surface area contributed by atoms with Gasteiger partial charge in [0, 0.05) is 12.0 Å². The minimum atomic E-state index is -1.34. The molecule has 3 aliphatic rings. The van der Waals surface area contributed by atoms with E-state index in [0.29, 0.717) is 5.76 Å². The van der Waals surface area contributed by atoms with E-state index in [-0.39, 0.29) is 29.6 Å². The number of esters is 1. The Balaban J connectivity index is 1.95. The molecule has 0 N–H and O–H groups in total. The maximum Gasteiger partial charge on any atom is 0.355 e. The summed E-state index contributed by atoms with van der Waals surface area (Å²) in [4.78, 5) is 67.3. The molecule has 0 atom stereocenters. The van der Waals surface area contributed by atoms with Gasteiger partial charge < -0.3 is 9.47 Å². The maximum absolute atomic E-state index is 13.9. The van der Waals surface area contributed by atoms with Gasteiger partial charge in [0.2, 0.25) is 0 Å². The first kappa shape index (κ1) is 36.1. The Morgan fingerprint density at radius 2 is 1.23 bits per heavy atom. The number of allylic oxidation sites excluding steroid dienone is 20. The van der Waals surface area contributed by atoms with E-state index in [1.165, 1.54) is 24.3 Å².